The first kappa shape index (κ1) is 31.0. The van der Waals surface area contributed by atoms with Crippen LogP contribution in [0.4, 0.5) is 11.4 Å². The average Bonchev–Trinajstić information content (AvgIpc) is 2.80. The van der Waals surface area contributed by atoms with E-state index < -0.39 is 55.8 Å². The Bertz CT molecular complexity index is 1960. The van der Waals surface area contributed by atoms with Gasteiger partial charge in [-0.25, -0.2) is 4.98 Å². The SMILES string of the molecule is COc1ccc(OC)c2c(Nc3ccc(S(=O)(=O)O)c4cc(S(=O)(=O)O)cc(S(=O)(=O)O)c34)cc(C)nc12.[Na]. The molecule has 0 atom stereocenters. The Balaban J connectivity index is 0.00000420. The van der Waals surface area contributed by atoms with Gasteiger partial charge in [0, 0.05) is 51.7 Å². The third-order valence-corrected chi connectivity index (χ3v) is 8.21. The smallest absolute Gasteiger partial charge is 0.295 e. The van der Waals surface area contributed by atoms with Crippen LogP contribution in [0.2, 0.25) is 0 Å². The quantitative estimate of drug-likeness (QED) is 0.176. The van der Waals surface area contributed by atoms with E-state index in [4.69, 9.17) is 9.47 Å². The standard InChI is InChI=1S/C22H20N2O11S3.Na/c1-11-8-15(21-16(34-2)5-6-17(35-3)22(21)23-11)24-14-4-7-18(37(28,29)30)13-9-12(36(25,26)27)10-19(20(13)14)38(31,32)33;/h4-10H,1-3H3,(H,23,24)(H,25,26,27)(H,28,29,30)(H,31,32,33);. The molecule has 0 unspecified atom stereocenters. The summed E-state index contributed by atoms with van der Waals surface area (Å²) >= 11 is 0. The fourth-order valence-corrected chi connectivity index (χ4v) is 6.11. The van der Waals surface area contributed by atoms with Crippen LogP contribution in [0.5, 0.6) is 11.5 Å². The molecule has 3 aromatic carbocycles. The molecule has 0 aliphatic carbocycles. The van der Waals surface area contributed by atoms with Crippen molar-refractivity contribution in [2.45, 2.75) is 21.6 Å². The second-order valence-electron chi connectivity index (χ2n) is 8.01. The average molecular weight is 608 g/mol. The molecule has 0 spiro atoms. The maximum Gasteiger partial charge on any atom is 0.295 e. The number of hydrogen-bond acceptors (Lipinski definition) is 10. The zero-order chi connectivity index (χ0) is 28.2. The maximum atomic E-state index is 12.3. The van der Waals surface area contributed by atoms with Gasteiger partial charge in [-0.2, -0.15) is 25.3 Å². The second kappa shape index (κ2) is 10.8. The Kier molecular flexibility index (Phi) is 8.58. The number of aromatic nitrogens is 1. The van der Waals surface area contributed by atoms with Gasteiger partial charge in [-0.15, -0.1) is 0 Å². The van der Waals surface area contributed by atoms with Gasteiger partial charge in [0.2, 0.25) is 0 Å². The minimum absolute atomic E-state index is 0. The molecule has 4 N–H and O–H groups in total. The fourth-order valence-electron chi connectivity index (χ4n) is 4.07. The molecule has 4 rings (SSSR count). The van der Waals surface area contributed by atoms with Gasteiger partial charge in [0.05, 0.1) is 30.2 Å². The van der Waals surface area contributed by atoms with Crippen molar-refractivity contribution < 1.29 is 48.4 Å². The molecular formula is C22H20N2NaO11S3. The van der Waals surface area contributed by atoms with Crippen molar-refractivity contribution in [1.82, 2.24) is 4.98 Å². The van der Waals surface area contributed by atoms with Crippen LogP contribution in [-0.2, 0) is 30.4 Å². The molecule has 4 aromatic rings. The van der Waals surface area contributed by atoms with E-state index in [1.165, 1.54) is 14.2 Å². The number of aryl methyl sites for hydroxylation is 1. The number of fused-ring (bicyclic) bond motifs is 2. The van der Waals surface area contributed by atoms with Crippen molar-refractivity contribution in [2.75, 3.05) is 19.5 Å². The van der Waals surface area contributed by atoms with Gasteiger partial charge in [0.15, 0.2) is 0 Å². The summed E-state index contributed by atoms with van der Waals surface area (Å²) in [6.07, 6.45) is 0. The van der Waals surface area contributed by atoms with Gasteiger partial charge in [-0.3, -0.25) is 13.7 Å². The van der Waals surface area contributed by atoms with Crippen LogP contribution < -0.4 is 14.8 Å². The third-order valence-electron chi connectivity index (χ3n) is 5.59. The fraction of sp³-hybridized carbons (Fsp3) is 0.136. The van der Waals surface area contributed by atoms with Crippen molar-refractivity contribution in [3.8, 4) is 11.5 Å². The van der Waals surface area contributed by atoms with Crippen LogP contribution in [-0.4, -0.2) is 87.7 Å². The van der Waals surface area contributed by atoms with E-state index in [1.54, 1.807) is 25.1 Å². The Hall–Kier alpha value is -2.54. The van der Waals surface area contributed by atoms with Gasteiger partial charge in [0.25, 0.3) is 30.4 Å². The van der Waals surface area contributed by atoms with E-state index in [0.29, 0.717) is 45.9 Å². The molecule has 0 aliphatic rings. The molecule has 39 heavy (non-hydrogen) atoms. The van der Waals surface area contributed by atoms with Crippen molar-refractivity contribution in [3.05, 3.63) is 48.2 Å². The molecular weight excluding hydrogens is 587 g/mol. The first-order chi connectivity index (χ1) is 17.6. The first-order valence-corrected chi connectivity index (χ1v) is 14.7. The van der Waals surface area contributed by atoms with E-state index in [1.807, 2.05) is 0 Å². The van der Waals surface area contributed by atoms with Gasteiger partial charge in [-0.05, 0) is 49.4 Å². The number of ether oxygens (including phenoxy) is 2. The molecule has 203 valence electrons. The molecule has 1 aromatic heterocycles. The number of rotatable bonds is 7. The van der Waals surface area contributed by atoms with E-state index in [9.17, 15) is 38.9 Å². The molecule has 0 saturated carbocycles. The summed E-state index contributed by atoms with van der Waals surface area (Å²) in [5, 5.41) is 2.26. The number of nitrogens with one attached hydrogen (secondary N) is 1. The van der Waals surface area contributed by atoms with Gasteiger partial charge >= 0.3 is 0 Å². The summed E-state index contributed by atoms with van der Waals surface area (Å²) in [7, 11) is -12.5. The Labute approximate surface area is 245 Å². The Morgan fingerprint density at radius 3 is 1.85 bits per heavy atom. The molecule has 0 fully saturated rings. The van der Waals surface area contributed by atoms with Crippen LogP contribution in [0.15, 0.2) is 57.2 Å². The number of hydrogen-bond donors (Lipinski definition) is 4. The van der Waals surface area contributed by atoms with Crippen LogP contribution in [0.3, 0.4) is 0 Å². The summed E-state index contributed by atoms with van der Waals surface area (Å²) < 4.78 is 113. The minimum atomic E-state index is -5.21. The predicted octanol–water partition coefficient (Wildman–Crippen LogP) is 2.82. The summed E-state index contributed by atoms with van der Waals surface area (Å²) in [6.45, 7) is 1.67. The van der Waals surface area contributed by atoms with E-state index in [-0.39, 0.29) is 35.2 Å². The van der Waals surface area contributed by atoms with Gasteiger partial charge < -0.3 is 14.8 Å². The van der Waals surface area contributed by atoms with E-state index >= 15 is 0 Å². The molecule has 17 heteroatoms. The molecule has 0 saturated heterocycles. The second-order valence-corrected chi connectivity index (χ2v) is 12.2. The van der Waals surface area contributed by atoms with Gasteiger partial charge in [-0.1, -0.05) is 0 Å². The molecule has 0 bridgehead atoms. The van der Waals surface area contributed by atoms with Crippen molar-refractivity contribution in [3.63, 3.8) is 0 Å². The van der Waals surface area contributed by atoms with Crippen molar-refractivity contribution >= 4 is 93.0 Å². The first-order valence-electron chi connectivity index (χ1n) is 10.4. The zero-order valence-electron chi connectivity index (χ0n) is 20.8. The van der Waals surface area contributed by atoms with E-state index in [2.05, 4.69) is 10.3 Å². The topological polar surface area (TPSA) is 206 Å². The number of methoxy groups -OCH3 is 2. The van der Waals surface area contributed by atoms with Crippen molar-refractivity contribution in [2.24, 2.45) is 0 Å². The molecule has 0 aliphatic heterocycles. The maximum absolute atomic E-state index is 12.3. The summed E-state index contributed by atoms with van der Waals surface area (Å²) in [5.74, 6) is 0.730. The number of nitrogens with zero attached hydrogens (tertiary/aromatic N) is 1. The number of benzene rings is 3. The number of pyridine rings is 1. The monoisotopic (exact) mass is 607 g/mol. The normalized spacial score (nSPS) is 12.3. The third kappa shape index (κ3) is 5.98. The van der Waals surface area contributed by atoms with Crippen LogP contribution in [0.1, 0.15) is 5.69 Å². The minimum Gasteiger partial charge on any atom is -0.496 e. The molecule has 13 nitrogen and oxygen atoms in total. The largest absolute Gasteiger partial charge is 0.496 e. The predicted molar refractivity (Wildman–Crippen MR) is 142 cm³/mol. The van der Waals surface area contributed by atoms with Crippen LogP contribution >= 0.6 is 0 Å². The Morgan fingerprint density at radius 1 is 0.718 bits per heavy atom. The molecule has 1 heterocycles. The van der Waals surface area contributed by atoms with Gasteiger partial charge in [0.1, 0.15) is 26.8 Å². The summed E-state index contributed by atoms with van der Waals surface area (Å²) in [6, 6.07) is 7.94. The summed E-state index contributed by atoms with van der Waals surface area (Å²) in [5.41, 5.74) is 1.05. The number of anilines is 2. The molecule has 0 amide bonds. The van der Waals surface area contributed by atoms with Crippen molar-refractivity contribution in [1.29, 1.82) is 0 Å². The Morgan fingerprint density at radius 2 is 1.31 bits per heavy atom. The van der Waals surface area contributed by atoms with Crippen LogP contribution in [0, 0.1) is 6.92 Å². The zero-order valence-corrected chi connectivity index (χ0v) is 25.3. The molecule has 1 radical (unpaired) electrons. The summed E-state index contributed by atoms with van der Waals surface area (Å²) in [4.78, 5) is 1.52. The van der Waals surface area contributed by atoms with Crippen LogP contribution in [0.25, 0.3) is 21.7 Å². The van der Waals surface area contributed by atoms with E-state index in [0.717, 1.165) is 12.1 Å².